The number of carbonyl (C=O) groups is 1. The van der Waals surface area contributed by atoms with Crippen LogP contribution in [0.4, 0.5) is 0 Å². The minimum absolute atomic E-state index is 0.0525. The van der Waals surface area contributed by atoms with Gasteiger partial charge in [-0.3, -0.25) is 15.0 Å². The van der Waals surface area contributed by atoms with E-state index in [0.717, 1.165) is 23.4 Å². The van der Waals surface area contributed by atoms with E-state index in [1.165, 1.54) is 0 Å². The molecule has 2 aliphatic rings. The zero-order valence-corrected chi connectivity index (χ0v) is 17.0. The van der Waals surface area contributed by atoms with Gasteiger partial charge in [-0.2, -0.15) is 0 Å². The highest BCUT2D eigenvalue weighted by atomic mass is 16.6. The molecule has 6 unspecified atom stereocenters. The van der Waals surface area contributed by atoms with Crippen molar-refractivity contribution in [3.8, 4) is 11.3 Å². The van der Waals surface area contributed by atoms with E-state index in [2.05, 4.69) is 34.9 Å². The molecule has 2 aromatic rings. The molecule has 1 N–H and O–H groups in total. The Morgan fingerprint density at radius 3 is 2.72 bits per heavy atom. The Hall–Kier alpha value is -2.60. The molecule has 6 atom stereocenters. The van der Waals surface area contributed by atoms with Crippen LogP contribution in [0.15, 0.2) is 43.0 Å². The van der Waals surface area contributed by atoms with Crippen molar-refractivity contribution in [1.29, 1.82) is 0 Å². The van der Waals surface area contributed by atoms with Crippen molar-refractivity contribution in [3.63, 3.8) is 0 Å². The van der Waals surface area contributed by atoms with Crippen molar-refractivity contribution in [2.24, 2.45) is 23.7 Å². The third-order valence-electron chi connectivity index (χ3n) is 6.58. The number of fused-ring (bicyclic) bond motifs is 1. The maximum atomic E-state index is 12.4. The summed E-state index contributed by atoms with van der Waals surface area (Å²) in [7, 11) is 0. The van der Waals surface area contributed by atoms with E-state index in [1.54, 1.807) is 24.8 Å². The molecule has 1 saturated heterocycles. The summed E-state index contributed by atoms with van der Waals surface area (Å²) in [5, 5.41) is 11.1. The smallest absolute Gasteiger partial charge is 0.338 e. The first-order chi connectivity index (χ1) is 13.9. The quantitative estimate of drug-likeness (QED) is 0.800. The number of aromatic nitrogens is 3. The number of rotatable bonds is 4. The van der Waals surface area contributed by atoms with E-state index in [1.807, 2.05) is 25.1 Å². The second-order valence-corrected chi connectivity index (χ2v) is 8.31. The molecular formula is C23H27N3O3. The number of esters is 1. The zero-order valence-electron chi connectivity index (χ0n) is 17.0. The van der Waals surface area contributed by atoms with Gasteiger partial charge >= 0.3 is 5.97 Å². The minimum Gasteiger partial charge on any atom is -0.460 e. The summed E-state index contributed by atoms with van der Waals surface area (Å²) in [6, 6.07) is 3.91. The molecular weight excluding hydrogens is 366 g/mol. The number of aliphatic hydroxyl groups is 1. The highest BCUT2D eigenvalue weighted by Crippen LogP contribution is 2.52. The molecule has 1 aliphatic carbocycles. The highest BCUT2D eigenvalue weighted by Gasteiger charge is 2.62. The average molecular weight is 393 g/mol. The van der Waals surface area contributed by atoms with Gasteiger partial charge in [0, 0.05) is 30.1 Å². The molecule has 4 rings (SSSR count). The van der Waals surface area contributed by atoms with Crippen molar-refractivity contribution in [2.45, 2.75) is 45.3 Å². The van der Waals surface area contributed by atoms with Gasteiger partial charge in [-0.25, -0.2) is 4.79 Å². The van der Waals surface area contributed by atoms with Gasteiger partial charge in [0.1, 0.15) is 6.10 Å². The number of allylic oxidation sites excluding steroid dienone is 1. The lowest BCUT2D eigenvalue weighted by Gasteiger charge is -2.45. The molecule has 2 aromatic heterocycles. The average Bonchev–Trinajstić information content (AvgIpc) is 2.95. The maximum Gasteiger partial charge on any atom is 0.338 e. The van der Waals surface area contributed by atoms with Gasteiger partial charge in [0.2, 0.25) is 0 Å². The first-order valence-electron chi connectivity index (χ1n) is 10.3. The summed E-state index contributed by atoms with van der Waals surface area (Å²) in [6.07, 6.45) is 12.1. The van der Waals surface area contributed by atoms with E-state index >= 15 is 0 Å². The molecule has 0 bridgehead atoms. The van der Waals surface area contributed by atoms with Gasteiger partial charge in [-0.1, -0.05) is 26.3 Å². The van der Waals surface area contributed by atoms with Crippen LogP contribution in [0.1, 0.15) is 39.3 Å². The second-order valence-electron chi connectivity index (χ2n) is 8.31. The number of hydrogen-bond donors (Lipinski definition) is 1. The molecule has 0 amide bonds. The molecule has 29 heavy (non-hydrogen) atoms. The fraction of sp³-hybridized carbons (Fsp3) is 0.478. The van der Waals surface area contributed by atoms with Crippen LogP contribution in [0, 0.1) is 23.7 Å². The second kappa shape index (κ2) is 7.67. The Morgan fingerprint density at radius 1 is 1.24 bits per heavy atom. The normalized spacial score (nSPS) is 34.2. The Labute approximate surface area is 171 Å². The fourth-order valence-electron chi connectivity index (χ4n) is 5.26. The Morgan fingerprint density at radius 2 is 2.07 bits per heavy atom. The summed E-state index contributed by atoms with van der Waals surface area (Å²) in [5.41, 5.74) is 1.13. The largest absolute Gasteiger partial charge is 0.460 e. The number of hydrogen-bond acceptors (Lipinski definition) is 6. The number of carbonyl (C=O) groups excluding carboxylic acids is 1. The Bertz CT molecular complexity index is 899. The third kappa shape index (κ3) is 3.46. The lowest BCUT2D eigenvalue weighted by atomic mass is 9.59. The van der Waals surface area contributed by atoms with Gasteiger partial charge in [-0.05, 0) is 49.3 Å². The van der Waals surface area contributed by atoms with Crippen LogP contribution in [-0.4, -0.2) is 37.7 Å². The fourth-order valence-corrected chi connectivity index (χ4v) is 5.26. The van der Waals surface area contributed by atoms with E-state index in [0.29, 0.717) is 12.3 Å². The van der Waals surface area contributed by atoms with E-state index in [-0.39, 0.29) is 23.9 Å². The summed E-state index contributed by atoms with van der Waals surface area (Å²) in [6.45, 7) is 6.17. The highest BCUT2D eigenvalue weighted by molar-refractivity contribution is 5.82. The van der Waals surface area contributed by atoms with Crippen molar-refractivity contribution in [3.05, 3.63) is 48.7 Å². The van der Waals surface area contributed by atoms with E-state index < -0.39 is 11.6 Å². The Kier molecular flexibility index (Phi) is 5.21. The number of cyclic esters (lactones) is 1. The summed E-state index contributed by atoms with van der Waals surface area (Å²) < 4.78 is 5.45. The third-order valence-corrected chi connectivity index (χ3v) is 6.58. The van der Waals surface area contributed by atoms with Gasteiger partial charge in [0.25, 0.3) is 0 Å². The van der Waals surface area contributed by atoms with Crippen molar-refractivity contribution < 1.29 is 14.6 Å². The van der Waals surface area contributed by atoms with Gasteiger partial charge in [0.15, 0.2) is 5.60 Å². The topological polar surface area (TPSA) is 85.2 Å². The van der Waals surface area contributed by atoms with Crippen molar-refractivity contribution in [1.82, 2.24) is 15.0 Å². The molecule has 1 aliphatic heterocycles. The molecule has 0 aromatic carbocycles. The Balaban J connectivity index is 1.60. The molecule has 2 fully saturated rings. The van der Waals surface area contributed by atoms with E-state index in [9.17, 15) is 9.90 Å². The van der Waals surface area contributed by atoms with Crippen molar-refractivity contribution in [2.75, 3.05) is 0 Å². The molecule has 6 heteroatoms. The number of pyridine rings is 1. The molecule has 152 valence electrons. The molecule has 0 radical (unpaired) electrons. The summed E-state index contributed by atoms with van der Waals surface area (Å²) in [5.74, 6) is -0.0303. The lowest BCUT2D eigenvalue weighted by Crippen LogP contribution is -2.53. The first-order valence-corrected chi connectivity index (χ1v) is 10.3. The predicted octanol–water partition coefficient (Wildman–Crippen LogP) is 3.53. The van der Waals surface area contributed by atoms with Crippen LogP contribution in [0.3, 0.4) is 0 Å². The predicted molar refractivity (Wildman–Crippen MR) is 109 cm³/mol. The SMILES string of the molecule is CCC1C(C)CC2(O)C(=O)OC(C)C2C1/C=C/c1ccc(-c2cnccn2)cn1. The molecule has 6 nitrogen and oxygen atoms in total. The maximum absolute atomic E-state index is 12.4. The van der Waals surface area contributed by atoms with Gasteiger partial charge in [0.05, 0.1) is 17.6 Å². The summed E-state index contributed by atoms with van der Waals surface area (Å²) >= 11 is 0. The van der Waals surface area contributed by atoms with E-state index in [4.69, 9.17) is 4.74 Å². The van der Waals surface area contributed by atoms with Crippen LogP contribution >= 0.6 is 0 Å². The van der Waals surface area contributed by atoms with Gasteiger partial charge < -0.3 is 9.84 Å². The van der Waals surface area contributed by atoms with Crippen LogP contribution in [0.2, 0.25) is 0 Å². The van der Waals surface area contributed by atoms with Crippen LogP contribution in [-0.2, 0) is 9.53 Å². The van der Waals surface area contributed by atoms with Crippen LogP contribution < -0.4 is 0 Å². The summed E-state index contributed by atoms with van der Waals surface area (Å²) in [4.78, 5) is 25.3. The lowest BCUT2D eigenvalue weighted by molar-refractivity contribution is -0.160. The standard InChI is InChI=1S/C23H27N3O3/c1-4-18-14(2)11-23(28)21(15(3)29-22(23)27)19(18)8-7-17-6-5-16(12-26-17)20-13-24-9-10-25-20/h5-10,12-15,18-19,21,28H,4,11H2,1-3H3/b8-7+. The van der Waals surface area contributed by atoms with Crippen LogP contribution in [0.5, 0.6) is 0 Å². The zero-order chi connectivity index (χ0) is 20.6. The molecule has 3 heterocycles. The molecule has 0 spiro atoms. The minimum atomic E-state index is -1.39. The first kappa shape index (κ1) is 19.7. The van der Waals surface area contributed by atoms with Gasteiger partial charge in [-0.15, -0.1) is 0 Å². The van der Waals surface area contributed by atoms with Crippen LogP contribution in [0.25, 0.3) is 17.3 Å². The van der Waals surface area contributed by atoms with Crippen molar-refractivity contribution >= 4 is 12.0 Å². The number of ether oxygens (including phenoxy) is 1. The monoisotopic (exact) mass is 393 g/mol. The number of nitrogens with zero attached hydrogens (tertiary/aromatic N) is 3. The molecule has 1 saturated carbocycles.